The molecule has 0 aliphatic heterocycles. The van der Waals surface area contributed by atoms with Crippen molar-refractivity contribution in [2.45, 2.75) is 76.0 Å². The summed E-state index contributed by atoms with van der Waals surface area (Å²) in [5.41, 5.74) is 0. The monoisotopic (exact) mass is 325 g/mol. The Kier molecular flexibility index (Phi) is 10.2. The minimum absolute atomic E-state index is 0.349. The highest BCUT2D eigenvalue weighted by Crippen LogP contribution is 2.11. The van der Waals surface area contributed by atoms with Crippen LogP contribution in [-0.4, -0.2) is 15.0 Å². The van der Waals surface area contributed by atoms with E-state index in [0.29, 0.717) is 11.4 Å². The van der Waals surface area contributed by atoms with Crippen LogP contribution in [0.5, 0.6) is 0 Å². The molecule has 0 atom stereocenters. The first-order valence-corrected chi connectivity index (χ1v) is 10.2. The number of sulfonamides is 1. The van der Waals surface area contributed by atoms with Crippen LogP contribution >= 0.6 is 0 Å². The van der Waals surface area contributed by atoms with E-state index in [1.54, 1.807) is 24.3 Å². The maximum Gasteiger partial charge on any atom is 0.240 e. The summed E-state index contributed by atoms with van der Waals surface area (Å²) in [5, 5.41) is 0. The van der Waals surface area contributed by atoms with Crippen LogP contribution < -0.4 is 4.72 Å². The largest absolute Gasteiger partial charge is 0.240 e. The summed E-state index contributed by atoms with van der Waals surface area (Å²) in [4.78, 5) is 0.349. The Bertz CT molecular complexity index is 471. The average Bonchev–Trinajstić information content (AvgIpc) is 2.53. The second-order valence-electron chi connectivity index (χ2n) is 5.89. The molecule has 0 amide bonds. The number of hydrogen-bond acceptors (Lipinski definition) is 2. The van der Waals surface area contributed by atoms with Crippen LogP contribution in [-0.2, 0) is 10.0 Å². The number of nitrogens with one attached hydrogen (secondary N) is 1. The zero-order valence-corrected chi connectivity index (χ0v) is 14.7. The number of benzene rings is 1. The minimum atomic E-state index is -3.32. The Morgan fingerprint density at radius 2 is 1.27 bits per heavy atom. The molecule has 0 fully saturated rings. The van der Waals surface area contributed by atoms with E-state index in [0.717, 1.165) is 12.8 Å². The molecule has 126 valence electrons. The Hall–Kier alpha value is -0.870. The Balaban J connectivity index is 1.99. The molecule has 0 radical (unpaired) electrons. The Morgan fingerprint density at radius 3 is 1.82 bits per heavy atom. The first kappa shape index (κ1) is 19.2. The van der Waals surface area contributed by atoms with Gasteiger partial charge in [-0.3, -0.25) is 0 Å². The molecule has 0 heterocycles. The van der Waals surface area contributed by atoms with Gasteiger partial charge in [-0.1, -0.05) is 82.9 Å². The van der Waals surface area contributed by atoms with Crippen LogP contribution in [0.1, 0.15) is 71.1 Å². The third kappa shape index (κ3) is 8.54. The highest BCUT2D eigenvalue weighted by Gasteiger charge is 2.11. The first-order valence-electron chi connectivity index (χ1n) is 8.71. The van der Waals surface area contributed by atoms with Gasteiger partial charge in [0, 0.05) is 6.54 Å². The van der Waals surface area contributed by atoms with Crippen LogP contribution in [0.3, 0.4) is 0 Å². The van der Waals surface area contributed by atoms with E-state index < -0.39 is 10.0 Å². The van der Waals surface area contributed by atoms with Crippen molar-refractivity contribution in [1.29, 1.82) is 0 Å². The van der Waals surface area contributed by atoms with E-state index in [1.807, 2.05) is 6.07 Å². The summed E-state index contributed by atoms with van der Waals surface area (Å²) in [6.07, 6.45) is 12.6. The molecule has 0 aliphatic carbocycles. The van der Waals surface area contributed by atoms with Crippen molar-refractivity contribution < 1.29 is 8.42 Å². The SMILES string of the molecule is CCCCCCCCCCCCNS(=O)(=O)c1ccccc1. The topological polar surface area (TPSA) is 46.2 Å². The van der Waals surface area contributed by atoms with Crippen molar-refractivity contribution in [3.05, 3.63) is 30.3 Å². The molecule has 1 aromatic carbocycles. The fourth-order valence-corrected chi connectivity index (χ4v) is 3.60. The summed E-state index contributed by atoms with van der Waals surface area (Å²) in [6.45, 7) is 2.78. The lowest BCUT2D eigenvalue weighted by atomic mass is 10.1. The minimum Gasteiger partial charge on any atom is -0.211 e. The van der Waals surface area contributed by atoms with Gasteiger partial charge in [-0.15, -0.1) is 0 Å². The van der Waals surface area contributed by atoms with Crippen molar-refractivity contribution in [1.82, 2.24) is 4.72 Å². The molecule has 0 bridgehead atoms. The highest BCUT2D eigenvalue weighted by atomic mass is 32.2. The molecule has 0 aliphatic rings. The van der Waals surface area contributed by atoms with Gasteiger partial charge in [0.2, 0.25) is 10.0 Å². The average molecular weight is 326 g/mol. The fraction of sp³-hybridized carbons (Fsp3) is 0.667. The fourth-order valence-electron chi connectivity index (χ4n) is 2.50. The van der Waals surface area contributed by atoms with Gasteiger partial charge in [0.25, 0.3) is 0 Å². The van der Waals surface area contributed by atoms with Gasteiger partial charge in [0.1, 0.15) is 0 Å². The standard InChI is InChI=1S/C18H31NO2S/c1-2-3-4-5-6-7-8-9-10-14-17-19-22(20,21)18-15-12-11-13-16-18/h11-13,15-16,19H,2-10,14,17H2,1H3. The van der Waals surface area contributed by atoms with E-state index in [2.05, 4.69) is 11.6 Å². The number of unbranched alkanes of at least 4 members (excludes halogenated alkanes) is 9. The smallest absolute Gasteiger partial charge is 0.211 e. The van der Waals surface area contributed by atoms with Gasteiger partial charge in [-0.25, -0.2) is 13.1 Å². The normalized spacial score (nSPS) is 11.7. The molecule has 0 aromatic heterocycles. The molecule has 1 rings (SSSR count). The zero-order chi connectivity index (χ0) is 16.1. The van der Waals surface area contributed by atoms with Crippen molar-refractivity contribution in [3.63, 3.8) is 0 Å². The van der Waals surface area contributed by atoms with Gasteiger partial charge in [-0.05, 0) is 18.6 Å². The molecular formula is C18H31NO2S. The summed E-state index contributed by atoms with van der Waals surface area (Å²) in [7, 11) is -3.32. The van der Waals surface area contributed by atoms with Crippen molar-refractivity contribution >= 4 is 10.0 Å². The summed E-state index contributed by atoms with van der Waals surface area (Å²) in [6, 6.07) is 8.56. The molecule has 4 heteroatoms. The molecule has 1 N–H and O–H groups in total. The molecule has 0 unspecified atom stereocenters. The predicted octanol–water partition coefficient (Wildman–Crippen LogP) is 4.89. The van der Waals surface area contributed by atoms with Crippen LogP contribution in [0.15, 0.2) is 35.2 Å². The third-order valence-electron chi connectivity index (χ3n) is 3.88. The molecule has 0 spiro atoms. The number of hydrogen-bond donors (Lipinski definition) is 1. The quantitative estimate of drug-likeness (QED) is 0.525. The summed E-state index contributed by atoms with van der Waals surface area (Å²) >= 11 is 0. The maximum atomic E-state index is 12.0. The molecule has 0 saturated heterocycles. The van der Waals surface area contributed by atoms with Gasteiger partial charge in [0.15, 0.2) is 0 Å². The van der Waals surface area contributed by atoms with Crippen LogP contribution in [0.4, 0.5) is 0 Å². The van der Waals surface area contributed by atoms with E-state index in [4.69, 9.17) is 0 Å². The van der Waals surface area contributed by atoms with Gasteiger partial charge in [-0.2, -0.15) is 0 Å². The van der Waals surface area contributed by atoms with E-state index in [9.17, 15) is 8.42 Å². The van der Waals surface area contributed by atoms with E-state index in [-0.39, 0.29) is 0 Å². The summed E-state index contributed by atoms with van der Waals surface area (Å²) in [5.74, 6) is 0. The number of rotatable bonds is 13. The molecule has 1 aromatic rings. The lowest BCUT2D eigenvalue weighted by molar-refractivity contribution is 0.549. The Labute approximate surface area is 136 Å². The van der Waals surface area contributed by atoms with Gasteiger partial charge < -0.3 is 0 Å². The maximum absolute atomic E-state index is 12.0. The predicted molar refractivity (Wildman–Crippen MR) is 93.5 cm³/mol. The van der Waals surface area contributed by atoms with E-state index in [1.165, 1.54) is 51.4 Å². The van der Waals surface area contributed by atoms with Crippen molar-refractivity contribution in [3.8, 4) is 0 Å². The second-order valence-corrected chi connectivity index (χ2v) is 7.66. The molecule has 0 saturated carbocycles. The molecule has 3 nitrogen and oxygen atoms in total. The van der Waals surface area contributed by atoms with Crippen LogP contribution in [0.2, 0.25) is 0 Å². The lowest BCUT2D eigenvalue weighted by Crippen LogP contribution is -2.24. The summed E-state index contributed by atoms with van der Waals surface area (Å²) < 4.78 is 26.6. The van der Waals surface area contributed by atoms with Gasteiger partial charge in [0.05, 0.1) is 4.90 Å². The second kappa shape index (κ2) is 11.7. The van der Waals surface area contributed by atoms with E-state index >= 15 is 0 Å². The molecule has 22 heavy (non-hydrogen) atoms. The zero-order valence-electron chi connectivity index (χ0n) is 13.9. The van der Waals surface area contributed by atoms with Crippen LogP contribution in [0, 0.1) is 0 Å². The lowest BCUT2D eigenvalue weighted by Gasteiger charge is -2.06. The molecular weight excluding hydrogens is 294 g/mol. The first-order chi connectivity index (χ1) is 10.7. The third-order valence-corrected chi connectivity index (χ3v) is 5.35. The van der Waals surface area contributed by atoms with Crippen molar-refractivity contribution in [2.24, 2.45) is 0 Å². The van der Waals surface area contributed by atoms with Crippen LogP contribution in [0.25, 0.3) is 0 Å². The van der Waals surface area contributed by atoms with Crippen molar-refractivity contribution in [2.75, 3.05) is 6.54 Å². The van der Waals surface area contributed by atoms with Gasteiger partial charge >= 0.3 is 0 Å². The Morgan fingerprint density at radius 1 is 0.773 bits per heavy atom. The highest BCUT2D eigenvalue weighted by molar-refractivity contribution is 7.89.